The lowest BCUT2D eigenvalue weighted by molar-refractivity contribution is 0.102. The van der Waals surface area contributed by atoms with Crippen molar-refractivity contribution in [2.45, 2.75) is 12.3 Å². The first kappa shape index (κ1) is 19.2. The van der Waals surface area contributed by atoms with Crippen LogP contribution in [0, 0.1) is 12.7 Å². The minimum Gasteiger partial charge on any atom is -0.322 e. The number of benzene rings is 3. The highest BCUT2D eigenvalue weighted by molar-refractivity contribution is 7.98. The predicted octanol–water partition coefficient (Wildman–Crippen LogP) is 5.10. The van der Waals surface area contributed by atoms with Gasteiger partial charge in [-0.2, -0.15) is 5.10 Å². The summed E-state index contributed by atoms with van der Waals surface area (Å²) in [6.07, 6.45) is 2.05. The standard InChI is InChI=1S/C23H20FN3OS/c1-14-7-8-16(13-20(14)25-22(28)15-9-11-17(24)12-10-15)21-18-5-3-4-6-19(18)23(29-2)27-26-21/h3-13,23,27H,1-2H3,(H,25,28). The zero-order chi connectivity index (χ0) is 20.4. The second-order valence-corrected chi connectivity index (χ2v) is 7.73. The van der Waals surface area contributed by atoms with E-state index >= 15 is 0 Å². The molecule has 146 valence electrons. The fourth-order valence-corrected chi connectivity index (χ4v) is 3.91. The highest BCUT2D eigenvalue weighted by Gasteiger charge is 2.23. The van der Waals surface area contributed by atoms with Gasteiger partial charge in [-0.1, -0.05) is 36.4 Å². The smallest absolute Gasteiger partial charge is 0.255 e. The van der Waals surface area contributed by atoms with Crippen LogP contribution in [-0.4, -0.2) is 17.9 Å². The molecule has 0 fully saturated rings. The van der Waals surface area contributed by atoms with Crippen molar-refractivity contribution in [2.24, 2.45) is 5.10 Å². The van der Waals surface area contributed by atoms with Crippen LogP contribution in [0.3, 0.4) is 0 Å². The molecule has 3 aromatic carbocycles. The van der Waals surface area contributed by atoms with Gasteiger partial charge in [0.15, 0.2) is 0 Å². The van der Waals surface area contributed by atoms with E-state index in [2.05, 4.69) is 28.0 Å². The summed E-state index contributed by atoms with van der Waals surface area (Å²) in [7, 11) is 0. The second kappa shape index (κ2) is 8.09. The van der Waals surface area contributed by atoms with Crippen molar-refractivity contribution in [1.82, 2.24) is 5.43 Å². The number of amides is 1. The zero-order valence-electron chi connectivity index (χ0n) is 16.1. The molecule has 6 heteroatoms. The first-order valence-electron chi connectivity index (χ1n) is 9.20. The normalized spacial score (nSPS) is 15.1. The van der Waals surface area contributed by atoms with Crippen LogP contribution in [0.2, 0.25) is 0 Å². The number of nitrogens with one attached hydrogen (secondary N) is 2. The van der Waals surface area contributed by atoms with Crippen LogP contribution in [-0.2, 0) is 0 Å². The SMILES string of the molecule is CSC1NN=C(c2ccc(C)c(NC(=O)c3ccc(F)cc3)c2)c2ccccc21. The molecule has 29 heavy (non-hydrogen) atoms. The summed E-state index contributed by atoms with van der Waals surface area (Å²) in [6.45, 7) is 1.93. The number of fused-ring (bicyclic) bond motifs is 1. The summed E-state index contributed by atoms with van der Waals surface area (Å²) in [4.78, 5) is 12.6. The number of thioether (sulfide) groups is 1. The van der Waals surface area contributed by atoms with Crippen molar-refractivity contribution >= 4 is 29.1 Å². The Morgan fingerprint density at radius 3 is 2.62 bits per heavy atom. The number of hydrogen-bond acceptors (Lipinski definition) is 4. The number of anilines is 1. The zero-order valence-corrected chi connectivity index (χ0v) is 16.9. The fourth-order valence-electron chi connectivity index (χ4n) is 3.29. The maximum absolute atomic E-state index is 13.1. The Morgan fingerprint density at radius 2 is 1.86 bits per heavy atom. The number of aryl methyl sites for hydroxylation is 1. The number of nitrogens with zero attached hydrogens (tertiary/aromatic N) is 1. The molecule has 2 N–H and O–H groups in total. The molecule has 4 nitrogen and oxygen atoms in total. The molecule has 0 aromatic heterocycles. The molecule has 1 unspecified atom stereocenters. The van der Waals surface area contributed by atoms with Gasteiger partial charge >= 0.3 is 0 Å². The molecule has 1 aliphatic heterocycles. The molecule has 0 radical (unpaired) electrons. The van der Waals surface area contributed by atoms with Gasteiger partial charge in [0.05, 0.1) is 5.71 Å². The molecule has 0 aliphatic carbocycles. The maximum Gasteiger partial charge on any atom is 0.255 e. The molecule has 1 amide bonds. The Hall–Kier alpha value is -3.12. The molecule has 0 saturated carbocycles. The molecule has 3 aromatic rings. The third-order valence-electron chi connectivity index (χ3n) is 4.89. The van der Waals surface area contributed by atoms with Crippen LogP contribution in [0.4, 0.5) is 10.1 Å². The minimum absolute atomic E-state index is 0.109. The Bertz CT molecular complexity index is 1100. The predicted molar refractivity (Wildman–Crippen MR) is 117 cm³/mol. The first-order chi connectivity index (χ1) is 14.1. The van der Waals surface area contributed by atoms with E-state index in [9.17, 15) is 9.18 Å². The van der Waals surface area contributed by atoms with Crippen LogP contribution in [0.15, 0.2) is 71.8 Å². The van der Waals surface area contributed by atoms with Gasteiger partial charge in [0.2, 0.25) is 0 Å². The van der Waals surface area contributed by atoms with Crippen molar-refractivity contribution in [3.63, 3.8) is 0 Å². The van der Waals surface area contributed by atoms with Crippen molar-refractivity contribution in [3.8, 4) is 0 Å². The quantitative estimate of drug-likeness (QED) is 0.635. The molecule has 1 atom stereocenters. The van der Waals surface area contributed by atoms with E-state index in [0.29, 0.717) is 11.3 Å². The number of carbonyl (C=O) groups excluding carboxylic acids is 1. The minimum atomic E-state index is -0.371. The van der Waals surface area contributed by atoms with E-state index in [1.807, 2.05) is 43.5 Å². The van der Waals surface area contributed by atoms with Crippen molar-refractivity contribution in [3.05, 3.63) is 100 Å². The van der Waals surface area contributed by atoms with E-state index in [4.69, 9.17) is 0 Å². The van der Waals surface area contributed by atoms with E-state index < -0.39 is 0 Å². The van der Waals surface area contributed by atoms with Crippen molar-refractivity contribution in [1.29, 1.82) is 0 Å². The first-order valence-corrected chi connectivity index (χ1v) is 10.5. The van der Waals surface area contributed by atoms with Crippen LogP contribution >= 0.6 is 11.8 Å². The summed E-state index contributed by atoms with van der Waals surface area (Å²) < 4.78 is 13.1. The summed E-state index contributed by atoms with van der Waals surface area (Å²) in [5.41, 5.74) is 9.24. The Kier molecular flexibility index (Phi) is 5.36. The lowest BCUT2D eigenvalue weighted by Gasteiger charge is -2.25. The number of hydrogen-bond donors (Lipinski definition) is 2. The van der Waals surface area contributed by atoms with E-state index in [0.717, 1.165) is 22.4 Å². The monoisotopic (exact) mass is 405 g/mol. The van der Waals surface area contributed by atoms with Gasteiger partial charge < -0.3 is 5.32 Å². The number of rotatable bonds is 4. The maximum atomic E-state index is 13.1. The van der Waals surface area contributed by atoms with Crippen LogP contribution in [0.1, 0.15) is 38.0 Å². The highest BCUT2D eigenvalue weighted by atomic mass is 32.2. The molecule has 0 spiro atoms. The Balaban J connectivity index is 1.66. The molecule has 1 heterocycles. The lowest BCUT2D eigenvalue weighted by Crippen LogP contribution is -2.24. The molecule has 4 rings (SSSR count). The number of halogens is 1. The average Bonchev–Trinajstić information content (AvgIpc) is 2.75. The van der Waals surface area contributed by atoms with Gasteiger partial charge in [-0.05, 0) is 54.6 Å². The van der Waals surface area contributed by atoms with Crippen LogP contribution in [0.5, 0.6) is 0 Å². The Labute approximate surface area is 173 Å². The van der Waals surface area contributed by atoms with Gasteiger partial charge in [-0.25, -0.2) is 4.39 Å². The van der Waals surface area contributed by atoms with E-state index in [-0.39, 0.29) is 17.1 Å². The van der Waals surface area contributed by atoms with E-state index in [1.54, 1.807) is 11.8 Å². The summed E-state index contributed by atoms with van der Waals surface area (Å²) in [5.74, 6) is -0.651. The topological polar surface area (TPSA) is 53.5 Å². The van der Waals surface area contributed by atoms with Crippen molar-refractivity contribution in [2.75, 3.05) is 11.6 Å². The molecule has 0 saturated heterocycles. The van der Waals surface area contributed by atoms with Crippen molar-refractivity contribution < 1.29 is 9.18 Å². The lowest BCUT2D eigenvalue weighted by atomic mass is 9.95. The largest absolute Gasteiger partial charge is 0.322 e. The van der Waals surface area contributed by atoms with Gasteiger partial charge in [-0.15, -0.1) is 11.8 Å². The van der Waals surface area contributed by atoms with Gasteiger partial charge in [0.1, 0.15) is 11.2 Å². The average molecular weight is 405 g/mol. The highest BCUT2D eigenvalue weighted by Crippen LogP contribution is 2.32. The molecular formula is C23H20FN3OS. The van der Waals surface area contributed by atoms with Gasteiger partial charge in [0.25, 0.3) is 5.91 Å². The summed E-state index contributed by atoms with van der Waals surface area (Å²) in [6, 6.07) is 19.6. The summed E-state index contributed by atoms with van der Waals surface area (Å²) in [5, 5.41) is 7.64. The third kappa shape index (κ3) is 3.89. The fraction of sp³-hybridized carbons (Fsp3) is 0.130. The summed E-state index contributed by atoms with van der Waals surface area (Å²) >= 11 is 1.70. The molecule has 1 aliphatic rings. The van der Waals surface area contributed by atoms with Gasteiger partial charge in [-0.3, -0.25) is 10.2 Å². The second-order valence-electron chi connectivity index (χ2n) is 6.78. The molecular weight excluding hydrogens is 385 g/mol. The third-order valence-corrected chi connectivity index (χ3v) is 5.72. The van der Waals surface area contributed by atoms with Gasteiger partial charge in [0, 0.05) is 22.4 Å². The van der Waals surface area contributed by atoms with Crippen LogP contribution in [0.25, 0.3) is 0 Å². The van der Waals surface area contributed by atoms with E-state index in [1.165, 1.54) is 29.8 Å². The van der Waals surface area contributed by atoms with Crippen LogP contribution < -0.4 is 10.7 Å². The molecule has 0 bridgehead atoms. The number of hydrazone groups is 1. The number of carbonyl (C=O) groups is 1. The Morgan fingerprint density at radius 1 is 1.10 bits per heavy atom.